The van der Waals surface area contributed by atoms with Gasteiger partial charge in [0.1, 0.15) is 10.6 Å². The highest BCUT2D eigenvalue weighted by Gasteiger charge is 2.36. The fourth-order valence-electron chi connectivity index (χ4n) is 3.17. The van der Waals surface area contributed by atoms with Crippen molar-refractivity contribution >= 4 is 16.0 Å². The first-order valence-electron chi connectivity index (χ1n) is 7.74. The predicted octanol–water partition coefficient (Wildman–Crippen LogP) is -0.530. The van der Waals surface area contributed by atoms with Crippen LogP contribution in [0.25, 0.3) is 0 Å². The van der Waals surface area contributed by atoms with Crippen LogP contribution >= 0.6 is 0 Å². The van der Waals surface area contributed by atoms with Gasteiger partial charge in [-0.15, -0.1) is 0 Å². The average molecular weight is 342 g/mol. The molecule has 1 atom stereocenters. The Bertz CT molecular complexity index is 666. The van der Waals surface area contributed by atoms with E-state index in [1.165, 1.54) is 23.7 Å². The van der Waals surface area contributed by atoms with Crippen molar-refractivity contribution in [3.8, 4) is 0 Å². The standard InChI is InChI=1S/C14H22N4O4S/c1-22-14(19)13-8-12(9-16-13)23(20,21)18-5-2-11(10-18)17-6-3-15-4-7-17/h8-9,11,15-16H,2-7,10H2,1H3. The SMILES string of the molecule is COC(=O)c1cc(S(=O)(=O)N2CCC(N3CCNCC3)C2)c[nH]1. The summed E-state index contributed by atoms with van der Waals surface area (Å²) in [6.07, 6.45) is 2.19. The highest BCUT2D eigenvalue weighted by molar-refractivity contribution is 7.89. The molecule has 128 valence electrons. The fourth-order valence-corrected chi connectivity index (χ4v) is 4.66. The average Bonchev–Trinajstić information content (AvgIpc) is 3.25. The molecule has 3 heterocycles. The Balaban J connectivity index is 1.70. The molecule has 0 saturated carbocycles. The van der Waals surface area contributed by atoms with Crippen molar-refractivity contribution in [2.24, 2.45) is 0 Å². The van der Waals surface area contributed by atoms with E-state index in [0.717, 1.165) is 32.6 Å². The van der Waals surface area contributed by atoms with Gasteiger partial charge < -0.3 is 15.0 Å². The molecule has 0 bridgehead atoms. The van der Waals surface area contributed by atoms with E-state index < -0.39 is 16.0 Å². The molecule has 1 aromatic rings. The first kappa shape index (κ1) is 16.4. The van der Waals surface area contributed by atoms with Crippen LogP contribution in [0.5, 0.6) is 0 Å². The number of H-pyrrole nitrogens is 1. The normalized spacial score (nSPS) is 24.0. The van der Waals surface area contributed by atoms with E-state index in [2.05, 4.69) is 19.9 Å². The van der Waals surface area contributed by atoms with E-state index in [1.807, 2.05) is 0 Å². The fraction of sp³-hybridized carbons (Fsp3) is 0.643. The highest BCUT2D eigenvalue weighted by atomic mass is 32.2. The zero-order valence-corrected chi connectivity index (χ0v) is 13.9. The number of aromatic nitrogens is 1. The van der Waals surface area contributed by atoms with Gasteiger partial charge in [0.15, 0.2) is 0 Å². The summed E-state index contributed by atoms with van der Waals surface area (Å²) in [4.78, 5) is 16.6. The van der Waals surface area contributed by atoms with Crippen molar-refractivity contribution in [1.29, 1.82) is 0 Å². The summed E-state index contributed by atoms with van der Waals surface area (Å²) < 4.78 is 31.5. The minimum atomic E-state index is -3.58. The number of hydrogen-bond donors (Lipinski definition) is 2. The molecule has 0 radical (unpaired) electrons. The van der Waals surface area contributed by atoms with E-state index in [-0.39, 0.29) is 16.6 Å². The summed E-state index contributed by atoms with van der Waals surface area (Å²) in [6.45, 7) is 4.81. The van der Waals surface area contributed by atoms with Crippen LogP contribution in [0.15, 0.2) is 17.2 Å². The lowest BCUT2D eigenvalue weighted by atomic mass is 10.2. The molecule has 2 saturated heterocycles. The number of hydrogen-bond acceptors (Lipinski definition) is 6. The molecule has 0 amide bonds. The highest BCUT2D eigenvalue weighted by Crippen LogP contribution is 2.24. The van der Waals surface area contributed by atoms with Crippen LogP contribution in [0.4, 0.5) is 0 Å². The summed E-state index contributed by atoms with van der Waals surface area (Å²) in [6, 6.07) is 1.60. The Labute approximate surface area is 135 Å². The van der Waals surface area contributed by atoms with Crippen LogP contribution in [0.2, 0.25) is 0 Å². The number of carbonyl (C=O) groups is 1. The monoisotopic (exact) mass is 342 g/mol. The number of nitrogens with one attached hydrogen (secondary N) is 2. The second kappa shape index (κ2) is 6.60. The second-order valence-corrected chi connectivity index (χ2v) is 7.77. The number of sulfonamides is 1. The Kier molecular flexibility index (Phi) is 4.72. The summed E-state index contributed by atoms with van der Waals surface area (Å²) >= 11 is 0. The zero-order valence-electron chi connectivity index (χ0n) is 13.1. The number of piperazine rings is 1. The first-order chi connectivity index (χ1) is 11.0. The summed E-state index contributed by atoms with van der Waals surface area (Å²) in [5.41, 5.74) is 0.143. The largest absolute Gasteiger partial charge is 0.464 e. The lowest BCUT2D eigenvalue weighted by Crippen LogP contribution is -2.49. The Morgan fingerprint density at radius 1 is 1.30 bits per heavy atom. The van der Waals surface area contributed by atoms with Crippen LogP contribution in [-0.2, 0) is 14.8 Å². The van der Waals surface area contributed by atoms with Crippen LogP contribution in [0, 0.1) is 0 Å². The maximum Gasteiger partial charge on any atom is 0.354 e. The third kappa shape index (κ3) is 3.27. The smallest absolute Gasteiger partial charge is 0.354 e. The quantitative estimate of drug-likeness (QED) is 0.715. The maximum absolute atomic E-state index is 12.7. The van der Waals surface area contributed by atoms with Crippen LogP contribution < -0.4 is 5.32 Å². The molecule has 2 N–H and O–H groups in total. The molecule has 9 heteroatoms. The molecule has 23 heavy (non-hydrogen) atoms. The van der Waals surface area contributed by atoms with Gasteiger partial charge in [0, 0.05) is 51.5 Å². The van der Waals surface area contributed by atoms with E-state index in [4.69, 9.17) is 0 Å². The van der Waals surface area contributed by atoms with Gasteiger partial charge >= 0.3 is 5.97 Å². The Morgan fingerprint density at radius 3 is 2.74 bits per heavy atom. The molecule has 1 aromatic heterocycles. The molecule has 0 spiro atoms. The van der Waals surface area contributed by atoms with Gasteiger partial charge in [-0.2, -0.15) is 4.31 Å². The van der Waals surface area contributed by atoms with E-state index in [1.54, 1.807) is 0 Å². The molecule has 1 unspecified atom stereocenters. The molecule has 8 nitrogen and oxygen atoms in total. The number of aromatic amines is 1. The van der Waals surface area contributed by atoms with E-state index in [9.17, 15) is 13.2 Å². The predicted molar refractivity (Wildman–Crippen MR) is 83.7 cm³/mol. The number of ether oxygens (including phenoxy) is 1. The van der Waals surface area contributed by atoms with Crippen LogP contribution in [0.3, 0.4) is 0 Å². The second-order valence-electron chi connectivity index (χ2n) is 5.83. The molecule has 0 aromatic carbocycles. The van der Waals surface area contributed by atoms with Gasteiger partial charge in [0.2, 0.25) is 10.0 Å². The Morgan fingerprint density at radius 2 is 2.04 bits per heavy atom. The number of methoxy groups -OCH3 is 1. The summed E-state index contributed by atoms with van der Waals surface area (Å²) in [5, 5.41) is 3.30. The number of nitrogens with zero attached hydrogens (tertiary/aromatic N) is 2. The summed E-state index contributed by atoms with van der Waals surface area (Å²) in [7, 11) is -2.32. The zero-order chi connectivity index (χ0) is 16.4. The van der Waals surface area contributed by atoms with Crippen molar-refractivity contribution in [3.05, 3.63) is 18.0 Å². The van der Waals surface area contributed by atoms with Crippen molar-refractivity contribution < 1.29 is 17.9 Å². The third-order valence-corrected chi connectivity index (χ3v) is 6.34. The van der Waals surface area contributed by atoms with Gasteiger partial charge in [-0.25, -0.2) is 13.2 Å². The molecular formula is C14H22N4O4S. The maximum atomic E-state index is 12.7. The molecule has 3 rings (SSSR count). The lowest BCUT2D eigenvalue weighted by molar-refractivity contribution is 0.0594. The van der Waals surface area contributed by atoms with Crippen molar-refractivity contribution in [2.75, 3.05) is 46.4 Å². The minimum Gasteiger partial charge on any atom is -0.464 e. The van der Waals surface area contributed by atoms with Crippen molar-refractivity contribution in [3.63, 3.8) is 0 Å². The summed E-state index contributed by atoms with van der Waals surface area (Å²) in [5.74, 6) is -0.577. The topological polar surface area (TPSA) is 94.7 Å². The van der Waals surface area contributed by atoms with E-state index in [0.29, 0.717) is 13.1 Å². The van der Waals surface area contributed by atoms with Gasteiger partial charge in [0.05, 0.1) is 7.11 Å². The number of esters is 1. The molecular weight excluding hydrogens is 320 g/mol. The van der Waals surface area contributed by atoms with Crippen LogP contribution in [0.1, 0.15) is 16.9 Å². The van der Waals surface area contributed by atoms with Gasteiger partial charge in [-0.05, 0) is 12.5 Å². The van der Waals surface area contributed by atoms with Crippen molar-refractivity contribution in [2.45, 2.75) is 17.4 Å². The van der Waals surface area contributed by atoms with Crippen LogP contribution in [-0.4, -0.2) is 81.0 Å². The lowest BCUT2D eigenvalue weighted by Gasteiger charge is -2.32. The first-order valence-corrected chi connectivity index (χ1v) is 9.18. The van der Waals surface area contributed by atoms with Gasteiger partial charge in [-0.3, -0.25) is 4.90 Å². The van der Waals surface area contributed by atoms with Crippen molar-refractivity contribution in [1.82, 2.24) is 19.5 Å². The van der Waals surface area contributed by atoms with E-state index >= 15 is 0 Å². The Hall–Kier alpha value is -1.42. The number of rotatable bonds is 4. The molecule has 0 aliphatic carbocycles. The number of carbonyl (C=O) groups excluding carboxylic acids is 1. The molecule has 2 fully saturated rings. The minimum absolute atomic E-state index is 0.110. The van der Waals surface area contributed by atoms with Gasteiger partial charge in [0.25, 0.3) is 0 Å². The third-order valence-electron chi connectivity index (χ3n) is 4.49. The van der Waals surface area contributed by atoms with Gasteiger partial charge in [-0.1, -0.05) is 0 Å². The molecule has 2 aliphatic rings. The molecule has 2 aliphatic heterocycles.